The van der Waals surface area contributed by atoms with E-state index in [2.05, 4.69) is 11.9 Å². The highest BCUT2D eigenvalue weighted by molar-refractivity contribution is 7.92. The van der Waals surface area contributed by atoms with E-state index >= 15 is 0 Å². The lowest BCUT2D eigenvalue weighted by Gasteiger charge is -2.23. The summed E-state index contributed by atoms with van der Waals surface area (Å²) in [5.41, 5.74) is 1.19. The van der Waals surface area contributed by atoms with Crippen molar-refractivity contribution in [2.75, 3.05) is 24.0 Å². The lowest BCUT2D eigenvalue weighted by atomic mass is 10.1. The first kappa shape index (κ1) is 28.6. The average molecular weight is 558 g/mol. The average Bonchev–Trinajstić information content (AvgIpc) is 2.90. The Kier molecular flexibility index (Phi) is 9.40. The first-order valence-corrected chi connectivity index (χ1v) is 14.4. The van der Waals surface area contributed by atoms with Gasteiger partial charge in [-0.05, 0) is 54.4 Å². The molecule has 0 aromatic heterocycles. The zero-order valence-electron chi connectivity index (χ0n) is 20.3. The zero-order chi connectivity index (χ0) is 27.8. The van der Waals surface area contributed by atoms with Crippen molar-refractivity contribution in [1.82, 2.24) is 5.32 Å². The largest absolute Gasteiger partial charge is 0.452 e. The molecule has 3 aromatic carbocycles. The molecule has 0 radical (unpaired) electrons. The molecule has 12 heteroatoms. The van der Waals surface area contributed by atoms with Crippen molar-refractivity contribution in [3.05, 3.63) is 103 Å². The number of benzene rings is 3. The van der Waals surface area contributed by atoms with Crippen molar-refractivity contribution in [3.63, 3.8) is 0 Å². The number of primary sulfonamides is 1. The van der Waals surface area contributed by atoms with Crippen molar-refractivity contribution in [1.29, 1.82) is 0 Å². The molecular weight excluding hydrogens is 530 g/mol. The fraction of sp³-hybridized carbons (Fsp3) is 0.154. The Morgan fingerprint density at radius 2 is 1.61 bits per heavy atom. The molecule has 3 N–H and O–H groups in total. The van der Waals surface area contributed by atoms with E-state index in [0.717, 1.165) is 5.56 Å². The predicted octanol–water partition coefficient (Wildman–Crippen LogP) is 2.23. The number of hydrogen-bond acceptors (Lipinski definition) is 7. The number of rotatable bonds is 12. The van der Waals surface area contributed by atoms with Crippen LogP contribution < -0.4 is 14.8 Å². The summed E-state index contributed by atoms with van der Waals surface area (Å²) in [4.78, 5) is 24.5. The molecule has 200 valence electrons. The number of nitrogens with zero attached hydrogens (tertiary/aromatic N) is 1. The molecule has 0 aliphatic carbocycles. The fourth-order valence-electron chi connectivity index (χ4n) is 3.42. The Hall–Kier alpha value is -4.00. The lowest BCUT2D eigenvalue weighted by molar-refractivity contribution is -0.124. The second-order valence-electron chi connectivity index (χ2n) is 8.05. The number of sulfonamides is 2. The maximum absolute atomic E-state index is 13.3. The normalized spacial score (nSPS) is 11.4. The van der Waals surface area contributed by atoms with Gasteiger partial charge in [0.1, 0.15) is 0 Å². The van der Waals surface area contributed by atoms with E-state index in [-0.39, 0.29) is 28.4 Å². The van der Waals surface area contributed by atoms with Gasteiger partial charge < -0.3 is 10.1 Å². The van der Waals surface area contributed by atoms with E-state index in [0.29, 0.717) is 12.1 Å². The van der Waals surface area contributed by atoms with Crippen LogP contribution in [0, 0.1) is 0 Å². The van der Waals surface area contributed by atoms with E-state index in [4.69, 9.17) is 9.88 Å². The van der Waals surface area contributed by atoms with Gasteiger partial charge in [-0.25, -0.2) is 26.8 Å². The summed E-state index contributed by atoms with van der Waals surface area (Å²) in [6.45, 7) is 3.31. The van der Waals surface area contributed by atoms with E-state index in [9.17, 15) is 26.4 Å². The highest BCUT2D eigenvalue weighted by Gasteiger charge is 2.25. The number of ether oxygens (including phenoxy) is 1. The summed E-state index contributed by atoms with van der Waals surface area (Å²) in [6, 6.07) is 19.8. The second-order valence-corrected chi connectivity index (χ2v) is 11.5. The zero-order valence-corrected chi connectivity index (χ0v) is 22.0. The van der Waals surface area contributed by atoms with Gasteiger partial charge in [-0.1, -0.05) is 42.5 Å². The Labute approximate surface area is 221 Å². The Balaban J connectivity index is 1.58. The van der Waals surface area contributed by atoms with Crippen LogP contribution in [0.2, 0.25) is 0 Å². The van der Waals surface area contributed by atoms with Crippen LogP contribution in [0.4, 0.5) is 5.69 Å². The number of amides is 1. The highest BCUT2D eigenvalue weighted by atomic mass is 32.2. The predicted molar refractivity (Wildman–Crippen MR) is 142 cm³/mol. The Bertz CT molecular complexity index is 1510. The Morgan fingerprint density at radius 1 is 0.921 bits per heavy atom. The molecule has 0 saturated heterocycles. The van der Waals surface area contributed by atoms with Gasteiger partial charge in [-0.2, -0.15) is 0 Å². The summed E-state index contributed by atoms with van der Waals surface area (Å²) >= 11 is 0. The van der Waals surface area contributed by atoms with Gasteiger partial charge in [0, 0.05) is 6.54 Å². The molecule has 0 fully saturated rings. The van der Waals surface area contributed by atoms with Gasteiger partial charge in [0.15, 0.2) is 6.61 Å². The smallest absolute Gasteiger partial charge is 0.338 e. The molecule has 0 heterocycles. The summed E-state index contributed by atoms with van der Waals surface area (Å²) in [5, 5.41) is 7.66. The molecule has 3 aromatic rings. The number of nitrogens with two attached hydrogens (primary N) is 1. The van der Waals surface area contributed by atoms with Gasteiger partial charge in [0.25, 0.3) is 15.9 Å². The molecule has 38 heavy (non-hydrogen) atoms. The third-order valence-electron chi connectivity index (χ3n) is 5.32. The van der Waals surface area contributed by atoms with Crippen molar-refractivity contribution in [3.8, 4) is 0 Å². The molecule has 1 amide bonds. The van der Waals surface area contributed by atoms with E-state index < -0.39 is 38.5 Å². The van der Waals surface area contributed by atoms with Crippen molar-refractivity contribution < 1.29 is 31.2 Å². The first-order chi connectivity index (χ1) is 18.0. The maximum atomic E-state index is 13.3. The third-order valence-corrected chi connectivity index (χ3v) is 8.04. The van der Waals surface area contributed by atoms with Gasteiger partial charge in [0.2, 0.25) is 10.0 Å². The molecular formula is C26H27N3O7S2. The summed E-state index contributed by atoms with van der Waals surface area (Å²) in [7, 11) is -7.80. The van der Waals surface area contributed by atoms with Gasteiger partial charge in [0.05, 0.1) is 27.6 Å². The summed E-state index contributed by atoms with van der Waals surface area (Å²) < 4.78 is 55.4. The summed E-state index contributed by atoms with van der Waals surface area (Å²) in [6.07, 6.45) is 1.87. The minimum atomic E-state index is -4.02. The van der Waals surface area contributed by atoms with Crippen LogP contribution in [-0.4, -0.2) is 48.4 Å². The highest BCUT2D eigenvalue weighted by Crippen LogP contribution is 2.24. The van der Waals surface area contributed by atoms with Crippen LogP contribution in [0.5, 0.6) is 0 Å². The molecule has 0 aliphatic heterocycles. The van der Waals surface area contributed by atoms with Gasteiger partial charge in [-0.3, -0.25) is 9.10 Å². The lowest BCUT2D eigenvalue weighted by Crippen LogP contribution is -2.31. The Morgan fingerprint density at radius 3 is 2.24 bits per heavy atom. The van der Waals surface area contributed by atoms with Crippen molar-refractivity contribution in [2.45, 2.75) is 16.2 Å². The number of para-hydroxylation sites is 1. The topological polar surface area (TPSA) is 153 Å². The molecule has 0 atom stereocenters. The quantitative estimate of drug-likeness (QED) is 0.256. The SMILES string of the molecule is C=CCN(c1ccccc1)S(=O)(=O)c1cccc(C(=O)OCC(=O)NCCc2ccc(S(N)(=O)=O)cc2)c1. The number of nitrogens with one attached hydrogen (secondary N) is 1. The molecule has 3 rings (SSSR count). The molecule has 0 spiro atoms. The van der Waals surface area contributed by atoms with Gasteiger partial charge >= 0.3 is 5.97 Å². The third kappa shape index (κ3) is 7.51. The summed E-state index contributed by atoms with van der Waals surface area (Å²) in [5.74, 6) is -1.41. The van der Waals surface area contributed by atoms with Crippen molar-refractivity contribution in [2.24, 2.45) is 5.14 Å². The number of carbonyl (C=O) groups excluding carboxylic acids is 2. The fourth-order valence-corrected chi connectivity index (χ4v) is 5.42. The monoisotopic (exact) mass is 557 g/mol. The van der Waals surface area contributed by atoms with Crippen LogP contribution >= 0.6 is 0 Å². The number of hydrogen-bond donors (Lipinski definition) is 2. The molecule has 0 aliphatic rings. The van der Waals surface area contributed by atoms with E-state index in [1.807, 2.05) is 0 Å². The minimum Gasteiger partial charge on any atom is -0.452 e. The number of anilines is 1. The number of carbonyl (C=O) groups is 2. The second kappa shape index (κ2) is 12.5. The molecule has 0 saturated carbocycles. The maximum Gasteiger partial charge on any atom is 0.338 e. The van der Waals surface area contributed by atoms with Gasteiger partial charge in [-0.15, -0.1) is 6.58 Å². The van der Waals surface area contributed by atoms with Crippen molar-refractivity contribution >= 4 is 37.6 Å². The standard InChI is InChI=1S/C26H27N3O7S2/c1-2-17-29(22-8-4-3-5-9-22)38(34,35)24-10-6-7-21(18-24)26(31)36-19-25(30)28-16-15-20-11-13-23(14-12-20)37(27,32)33/h2-14,18H,1,15-17,19H2,(H,28,30)(H2,27,32,33). The van der Waals surface area contributed by atoms with Crippen LogP contribution in [-0.2, 0) is 36.0 Å². The first-order valence-electron chi connectivity index (χ1n) is 11.4. The van der Waals surface area contributed by atoms with Crippen LogP contribution in [0.25, 0.3) is 0 Å². The minimum absolute atomic E-state index is 0.0115. The van der Waals surface area contributed by atoms with E-state index in [1.54, 1.807) is 42.5 Å². The molecule has 0 unspecified atom stereocenters. The molecule has 0 bridgehead atoms. The van der Waals surface area contributed by atoms with Crippen LogP contribution in [0.15, 0.2) is 101 Å². The molecule has 10 nitrogen and oxygen atoms in total. The van der Waals surface area contributed by atoms with E-state index in [1.165, 1.54) is 46.8 Å². The van der Waals surface area contributed by atoms with Crippen LogP contribution in [0.3, 0.4) is 0 Å². The number of esters is 1. The van der Waals surface area contributed by atoms with Crippen LogP contribution in [0.1, 0.15) is 15.9 Å².